The van der Waals surface area contributed by atoms with E-state index in [-0.39, 0.29) is 17.0 Å². The molecule has 2 aliphatic carbocycles. The summed E-state index contributed by atoms with van der Waals surface area (Å²) >= 11 is 0. The Morgan fingerprint density at radius 1 is 1.52 bits per heavy atom. The van der Waals surface area contributed by atoms with E-state index < -0.39 is 0 Å². The Kier molecular flexibility index (Phi) is 3.20. The molecular formula is C19H19BO. The molecule has 0 saturated carbocycles. The van der Waals surface area contributed by atoms with Gasteiger partial charge in [0.1, 0.15) is 0 Å². The van der Waals surface area contributed by atoms with E-state index in [0.717, 1.165) is 17.6 Å². The van der Waals surface area contributed by atoms with E-state index >= 15 is 0 Å². The Bertz CT molecular complexity index is 696. The van der Waals surface area contributed by atoms with Crippen LogP contribution in [0, 0.1) is 0 Å². The van der Waals surface area contributed by atoms with E-state index in [2.05, 4.69) is 50.4 Å². The molecule has 104 valence electrons. The molecule has 2 unspecified atom stereocenters. The molecule has 2 heteroatoms. The maximum absolute atomic E-state index is 9.41. The monoisotopic (exact) mass is 274 g/mol. The van der Waals surface area contributed by atoms with Crippen molar-refractivity contribution in [1.82, 2.24) is 0 Å². The molecule has 1 aromatic carbocycles. The van der Waals surface area contributed by atoms with Gasteiger partial charge in [-0.1, -0.05) is 62.1 Å². The van der Waals surface area contributed by atoms with Crippen LogP contribution in [-0.4, -0.2) is 13.0 Å². The molecule has 0 heterocycles. The summed E-state index contributed by atoms with van der Waals surface area (Å²) in [5.74, 6) is 0.111. The summed E-state index contributed by atoms with van der Waals surface area (Å²) in [6.07, 6.45) is 7.60. The fourth-order valence-electron chi connectivity index (χ4n) is 3.56. The lowest BCUT2D eigenvalue weighted by molar-refractivity contribution is 0.401. The van der Waals surface area contributed by atoms with Gasteiger partial charge in [-0.05, 0) is 34.5 Å². The van der Waals surface area contributed by atoms with Crippen LogP contribution >= 0.6 is 0 Å². The van der Waals surface area contributed by atoms with Crippen molar-refractivity contribution in [1.29, 1.82) is 0 Å². The summed E-state index contributed by atoms with van der Waals surface area (Å²) in [5.41, 5.74) is 5.90. The molecule has 2 atom stereocenters. The smallest absolute Gasteiger partial charge is 0.0894 e. The van der Waals surface area contributed by atoms with Crippen molar-refractivity contribution in [3.8, 4) is 0 Å². The molecular weight excluding hydrogens is 255 g/mol. The number of aliphatic hydroxyl groups is 1. The van der Waals surface area contributed by atoms with Crippen molar-refractivity contribution < 1.29 is 5.11 Å². The van der Waals surface area contributed by atoms with Gasteiger partial charge in [0.25, 0.3) is 0 Å². The Hall–Kier alpha value is -1.96. The molecule has 2 aliphatic rings. The average molecular weight is 274 g/mol. The van der Waals surface area contributed by atoms with Crippen molar-refractivity contribution in [3.05, 3.63) is 77.1 Å². The molecule has 1 nitrogen and oxygen atoms in total. The summed E-state index contributed by atoms with van der Waals surface area (Å²) in [4.78, 5) is 0. The molecule has 0 aliphatic heterocycles. The molecule has 0 spiro atoms. The number of hydrogen-bond acceptors (Lipinski definition) is 1. The zero-order chi connectivity index (χ0) is 15.2. The summed E-state index contributed by atoms with van der Waals surface area (Å²) in [6, 6.07) is 6.42. The van der Waals surface area contributed by atoms with Gasteiger partial charge in [0.2, 0.25) is 0 Å². The molecule has 0 saturated heterocycles. The summed E-state index contributed by atoms with van der Waals surface area (Å²) in [7, 11) is 6.49. The zero-order valence-corrected chi connectivity index (χ0v) is 12.4. The van der Waals surface area contributed by atoms with E-state index in [0.29, 0.717) is 6.42 Å². The van der Waals surface area contributed by atoms with Gasteiger partial charge in [-0.25, -0.2) is 0 Å². The Labute approximate surface area is 127 Å². The number of benzene rings is 1. The van der Waals surface area contributed by atoms with Crippen LogP contribution in [-0.2, 0) is 5.41 Å². The third kappa shape index (κ3) is 2.10. The molecule has 0 fully saturated rings. The van der Waals surface area contributed by atoms with Crippen molar-refractivity contribution in [3.63, 3.8) is 0 Å². The number of allylic oxidation sites excluding steroid dienone is 4. The number of aliphatic hydroxyl groups excluding tert-OH is 1. The maximum Gasteiger partial charge on any atom is 0.0894 e. The first-order chi connectivity index (χ1) is 9.95. The lowest BCUT2D eigenvalue weighted by Crippen LogP contribution is -2.23. The minimum Gasteiger partial charge on any atom is -0.513 e. The van der Waals surface area contributed by atoms with Crippen LogP contribution in [0.4, 0.5) is 0 Å². The highest BCUT2D eigenvalue weighted by Gasteiger charge is 2.43. The van der Waals surface area contributed by atoms with Gasteiger partial charge < -0.3 is 5.11 Å². The van der Waals surface area contributed by atoms with E-state index in [9.17, 15) is 5.11 Å². The van der Waals surface area contributed by atoms with Gasteiger partial charge in [-0.3, -0.25) is 0 Å². The van der Waals surface area contributed by atoms with Crippen molar-refractivity contribution in [2.24, 2.45) is 0 Å². The summed E-state index contributed by atoms with van der Waals surface area (Å²) < 4.78 is 0. The first kappa shape index (κ1) is 14.0. The topological polar surface area (TPSA) is 20.2 Å². The van der Waals surface area contributed by atoms with Crippen LogP contribution < -0.4 is 0 Å². The van der Waals surface area contributed by atoms with Crippen LogP contribution in [0.5, 0.6) is 0 Å². The molecule has 1 aromatic rings. The largest absolute Gasteiger partial charge is 0.513 e. The van der Waals surface area contributed by atoms with E-state index in [4.69, 9.17) is 7.85 Å². The van der Waals surface area contributed by atoms with Gasteiger partial charge in [-0.15, -0.1) is 0 Å². The molecule has 1 N–H and O–H groups in total. The summed E-state index contributed by atoms with van der Waals surface area (Å²) in [6.45, 7) is 9.66. The van der Waals surface area contributed by atoms with E-state index in [1.807, 2.05) is 6.08 Å². The van der Waals surface area contributed by atoms with Crippen LogP contribution in [0.1, 0.15) is 42.3 Å². The van der Waals surface area contributed by atoms with Gasteiger partial charge in [-0.2, -0.15) is 0 Å². The molecule has 0 aromatic heterocycles. The molecule has 0 bridgehead atoms. The molecule has 2 radical (unpaired) electrons. The second-order valence-electron chi connectivity index (χ2n) is 6.19. The number of rotatable bonds is 3. The maximum atomic E-state index is 9.41. The van der Waals surface area contributed by atoms with Gasteiger partial charge >= 0.3 is 0 Å². The Morgan fingerprint density at radius 3 is 2.95 bits per heavy atom. The minimum atomic E-state index is -0.0828. The van der Waals surface area contributed by atoms with Crippen molar-refractivity contribution >= 4 is 13.9 Å². The van der Waals surface area contributed by atoms with Crippen LogP contribution in [0.25, 0.3) is 6.08 Å². The average Bonchev–Trinajstić information content (AvgIpc) is 2.67. The number of fused-ring (bicyclic) bond motifs is 3. The standard InChI is InChI=1S/C19H19BO/c1-4-13-5-6-16-15(10-13)18(20)17-11-14(9-12(2)21)7-8-19(16,17)3/h4-7,10-11,18,21H,1-2,8-9H2,3H3. The van der Waals surface area contributed by atoms with Gasteiger partial charge in [0.15, 0.2) is 0 Å². The SMILES string of the molecule is [B]C1C2=CC(CC(=C)O)=CCC2(C)c2ccc(C=C)cc21. The normalized spacial score (nSPS) is 26.4. The van der Waals surface area contributed by atoms with Gasteiger partial charge in [0, 0.05) is 11.8 Å². The summed E-state index contributed by atoms with van der Waals surface area (Å²) in [5, 5.41) is 9.41. The minimum absolute atomic E-state index is 0.0330. The third-order valence-corrected chi connectivity index (χ3v) is 4.73. The lowest BCUT2D eigenvalue weighted by atomic mass is 9.69. The first-order valence-electron chi connectivity index (χ1n) is 7.26. The third-order valence-electron chi connectivity index (χ3n) is 4.73. The molecule has 21 heavy (non-hydrogen) atoms. The highest BCUT2D eigenvalue weighted by Crippen LogP contribution is 2.53. The van der Waals surface area contributed by atoms with Crippen LogP contribution in [0.15, 0.2) is 60.4 Å². The van der Waals surface area contributed by atoms with E-state index in [1.165, 1.54) is 16.7 Å². The second-order valence-corrected chi connectivity index (χ2v) is 6.19. The van der Waals surface area contributed by atoms with Crippen LogP contribution in [0.3, 0.4) is 0 Å². The quantitative estimate of drug-likeness (QED) is 0.634. The Morgan fingerprint density at radius 2 is 2.29 bits per heavy atom. The zero-order valence-electron chi connectivity index (χ0n) is 12.4. The Balaban J connectivity index is 2.07. The fourth-order valence-corrected chi connectivity index (χ4v) is 3.56. The van der Waals surface area contributed by atoms with Crippen molar-refractivity contribution in [2.45, 2.75) is 31.0 Å². The first-order valence-corrected chi connectivity index (χ1v) is 7.26. The highest BCUT2D eigenvalue weighted by atomic mass is 16.3. The van der Waals surface area contributed by atoms with Crippen molar-refractivity contribution in [2.75, 3.05) is 0 Å². The number of hydrogen-bond donors (Lipinski definition) is 1. The predicted molar refractivity (Wildman–Crippen MR) is 89.5 cm³/mol. The van der Waals surface area contributed by atoms with E-state index in [1.54, 1.807) is 0 Å². The van der Waals surface area contributed by atoms with Crippen LogP contribution in [0.2, 0.25) is 0 Å². The lowest BCUT2D eigenvalue weighted by Gasteiger charge is -2.31. The van der Waals surface area contributed by atoms with Gasteiger partial charge in [0.05, 0.1) is 13.6 Å². The molecule has 0 amide bonds. The predicted octanol–water partition coefficient (Wildman–Crippen LogP) is 4.53. The fraction of sp³-hybridized carbons (Fsp3) is 0.263. The highest BCUT2D eigenvalue weighted by molar-refractivity contribution is 6.16. The molecule has 3 rings (SSSR count). The second kappa shape index (κ2) is 4.80.